The molecule has 0 aliphatic heterocycles. The average molecular weight is 263 g/mol. The maximum Gasteiger partial charge on any atom is 0.270 e. The van der Waals surface area contributed by atoms with Crippen LogP contribution in [0, 0.1) is 0 Å². The quantitative estimate of drug-likeness (QED) is 0.835. The fourth-order valence-corrected chi connectivity index (χ4v) is 2.07. The highest BCUT2D eigenvalue weighted by atomic mass is 35.5. The Bertz CT molecular complexity index is 562. The molecule has 18 heavy (non-hydrogen) atoms. The molecule has 0 spiro atoms. The van der Waals surface area contributed by atoms with Crippen LogP contribution >= 0.6 is 11.6 Å². The highest BCUT2D eigenvalue weighted by Crippen LogP contribution is 2.13. The van der Waals surface area contributed by atoms with Crippen LogP contribution in [0.1, 0.15) is 16.1 Å². The smallest absolute Gasteiger partial charge is 0.270 e. The number of nitrogens with zero attached hydrogens (tertiary/aromatic N) is 2. The van der Waals surface area contributed by atoms with Crippen LogP contribution in [0.15, 0.2) is 42.6 Å². The summed E-state index contributed by atoms with van der Waals surface area (Å²) >= 11 is 5.93. The lowest BCUT2D eigenvalue weighted by Gasteiger charge is -2.17. The third-order valence-corrected chi connectivity index (χ3v) is 3.05. The molecule has 1 aromatic carbocycles. The van der Waals surface area contributed by atoms with Gasteiger partial charge < -0.3 is 9.47 Å². The summed E-state index contributed by atoms with van der Waals surface area (Å²) in [6, 6.07) is 11.2. The maximum absolute atomic E-state index is 12.2. The zero-order valence-corrected chi connectivity index (χ0v) is 11.2. The maximum atomic E-state index is 12.2. The second-order valence-corrected chi connectivity index (χ2v) is 4.73. The summed E-state index contributed by atoms with van der Waals surface area (Å²) in [5.74, 6) is 0.00229. The lowest BCUT2D eigenvalue weighted by Crippen LogP contribution is -2.27. The van der Waals surface area contributed by atoms with Gasteiger partial charge in [-0.05, 0) is 29.8 Å². The minimum atomic E-state index is 0.00229. The number of hydrogen-bond donors (Lipinski definition) is 0. The number of aryl methyl sites for hydroxylation is 1. The van der Waals surface area contributed by atoms with Crippen LogP contribution in [0.4, 0.5) is 0 Å². The zero-order valence-electron chi connectivity index (χ0n) is 10.4. The van der Waals surface area contributed by atoms with E-state index >= 15 is 0 Å². The van der Waals surface area contributed by atoms with E-state index in [4.69, 9.17) is 11.6 Å². The normalized spacial score (nSPS) is 10.4. The Morgan fingerprint density at radius 3 is 2.72 bits per heavy atom. The Balaban J connectivity index is 2.11. The minimum Gasteiger partial charge on any atom is -0.347 e. The summed E-state index contributed by atoms with van der Waals surface area (Å²) in [6.45, 7) is 0.546. The first-order valence-electron chi connectivity index (χ1n) is 5.69. The van der Waals surface area contributed by atoms with Crippen LogP contribution in [0.5, 0.6) is 0 Å². The molecule has 2 aromatic rings. The Labute approximate surface area is 112 Å². The lowest BCUT2D eigenvalue weighted by atomic mass is 10.2. The number of halogens is 1. The van der Waals surface area contributed by atoms with E-state index in [0.717, 1.165) is 5.56 Å². The van der Waals surface area contributed by atoms with Crippen molar-refractivity contribution in [3.8, 4) is 0 Å². The number of benzene rings is 1. The number of hydrogen-bond acceptors (Lipinski definition) is 1. The molecule has 0 aliphatic rings. The number of amides is 1. The predicted molar refractivity (Wildman–Crippen MR) is 72.7 cm³/mol. The average Bonchev–Trinajstić information content (AvgIpc) is 2.74. The van der Waals surface area contributed by atoms with Crippen LogP contribution in [0.3, 0.4) is 0 Å². The molecule has 0 fully saturated rings. The second kappa shape index (κ2) is 5.27. The Hall–Kier alpha value is -1.74. The predicted octanol–water partition coefficient (Wildman–Crippen LogP) is 2.95. The first-order chi connectivity index (χ1) is 8.58. The summed E-state index contributed by atoms with van der Waals surface area (Å²) in [5, 5.41) is 0.687. The Morgan fingerprint density at radius 1 is 1.33 bits per heavy atom. The molecule has 0 atom stereocenters. The van der Waals surface area contributed by atoms with Crippen molar-refractivity contribution in [3.05, 3.63) is 58.9 Å². The van der Waals surface area contributed by atoms with Gasteiger partial charge in [-0.25, -0.2) is 0 Å². The van der Waals surface area contributed by atoms with Gasteiger partial charge in [0.05, 0.1) is 0 Å². The zero-order chi connectivity index (χ0) is 13.1. The topological polar surface area (TPSA) is 25.2 Å². The molecule has 0 radical (unpaired) electrons. The molecule has 0 N–H and O–H groups in total. The monoisotopic (exact) mass is 262 g/mol. The molecule has 4 heteroatoms. The molecule has 2 rings (SSSR count). The van der Waals surface area contributed by atoms with Crippen LogP contribution < -0.4 is 0 Å². The molecular formula is C14H15ClN2O. The molecule has 1 heterocycles. The molecule has 0 saturated heterocycles. The van der Waals surface area contributed by atoms with Gasteiger partial charge in [0.1, 0.15) is 5.69 Å². The third-order valence-electron chi connectivity index (χ3n) is 2.82. The van der Waals surface area contributed by atoms with Crippen molar-refractivity contribution in [3.63, 3.8) is 0 Å². The highest BCUT2D eigenvalue weighted by Gasteiger charge is 2.14. The van der Waals surface area contributed by atoms with Gasteiger partial charge in [-0.2, -0.15) is 0 Å². The second-order valence-electron chi connectivity index (χ2n) is 4.30. The van der Waals surface area contributed by atoms with Crippen molar-refractivity contribution in [1.29, 1.82) is 0 Å². The van der Waals surface area contributed by atoms with Crippen LogP contribution in [-0.4, -0.2) is 22.4 Å². The standard InChI is InChI=1S/C14H15ClN2O/c1-16-8-4-7-13(16)14(18)17(2)10-11-5-3-6-12(15)9-11/h3-9H,10H2,1-2H3. The molecule has 1 amide bonds. The van der Waals surface area contributed by atoms with Crippen molar-refractivity contribution in [2.75, 3.05) is 7.05 Å². The van der Waals surface area contributed by atoms with E-state index in [9.17, 15) is 4.79 Å². The van der Waals surface area contributed by atoms with Gasteiger partial charge in [-0.15, -0.1) is 0 Å². The van der Waals surface area contributed by atoms with Crippen molar-refractivity contribution >= 4 is 17.5 Å². The molecule has 0 bridgehead atoms. The molecule has 94 valence electrons. The van der Waals surface area contributed by atoms with Crippen molar-refractivity contribution in [2.45, 2.75) is 6.54 Å². The molecular weight excluding hydrogens is 248 g/mol. The van der Waals surface area contributed by atoms with E-state index in [0.29, 0.717) is 17.3 Å². The molecule has 1 aromatic heterocycles. The molecule has 0 unspecified atom stereocenters. The SMILES string of the molecule is CN(Cc1cccc(Cl)c1)C(=O)c1cccn1C. The lowest BCUT2D eigenvalue weighted by molar-refractivity contribution is 0.0775. The number of carbonyl (C=O) groups is 1. The van der Waals surface area contributed by atoms with Crippen LogP contribution in [0.2, 0.25) is 5.02 Å². The van der Waals surface area contributed by atoms with E-state index in [1.165, 1.54) is 0 Å². The summed E-state index contributed by atoms with van der Waals surface area (Å²) in [7, 11) is 3.65. The summed E-state index contributed by atoms with van der Waals surface area (Å²) in [4.78, 5) is 13.9. The van der Waals surface area contributed by atoms with Gasteiger partial charge in [-0.3, -0.25) is 4.79 Å². The molecule has 3 nitrogen and oxygen atoms in total. The first kappa shape index (κ1) is 12.7. The minimum absolute atomic E-state index is 0.00229. The van der Waals surface area contributed by atoms with Crippen molar-refractivity contribution < 1.29 is 4.79 Å². The van der Waals surface area contributed by atoms with E-state index in [-0.39, 0.29) is 5.91 Å². The van der Waals surface area contributed by atoms with Gasteiger partial charge in [0.15, 0.2) is 0 Å². The fourth-order valence-electron chi connectivity index (χ4n) is 1.86. The summed E-state index contributed by atoms with van der Waals surface area (Å²) in [5.41, 5.74) is 1.70. The third kappa shape index (κ3) is 2.74. The van der Waals surface area contributed by atoms with E-state index in [1.54, 1.807) is 11.9 Å². The molecule has 0 saturated carbocycles. The van der Waals surface area contributed by atoms with Gasteiger partial charge in [0.2, 0.25) is 0 Å². The van der Waals surface area contributed by atoms with Crippen molar-refractivity contribution in [2.24, 2.45) is 7.05 Å². The van der Waals surface area contributed by atoms with Gasteiger partial charge in [0, 0.05) is 31.9 Å². The largest absolute Gasteiger partial charge is 0.347 e. The van der Waals surface area contributed by atoms with Gasteiger partial charge in [0.25, 0.3) is 5.91 Å². The van der Waals surface area contributed by atoms with E-state index < -0.39 is 0 Å². The summed E-state index contributed by atoms with van der Waals surface area (Å²) in [6.07, 6.45) is 1.86. The van der Waals surface area contributed by atoms with Crippen molar-refractivity contribution in [1.82, 2.24) is 9.47 Å². The van der Waals surface area contributed by atoms with Crippen LogP contribution in [0.25, 0.3) is 0 Å². The first-order valence-corrected chi connectivity index (χ1v) is 6.07. The van der Waals surface area contributed by atoms with Gasteiger partial charge in [-0.1, -0.05) is 23.7 Å². The summed E-state index contributed by atoms with van der Waals surface area (Å²) < 4.78 is 1.82. The fraction of sp³-hybridized carbons (Fsp3) is 0.214. The number of aromatic nitrogens is 1. The Morgan fingerprint density at radius 2 is 2.11 bits per heavy atom. The van der Waals surface area contributed by atoms with Crippen LogP contribution in [-0.2, 0) is 13.6 Å². The number of rotatable bonds is 3. The van der Waals surface area contributed by atoms with E-state index in [2.05, 4.69) is 0 Å². The van der Waals surface area contributed by atoms with E-state index in [1.807, 2.05) is 54.2 Å². The Kier molecular flexibility index (Phi) is 3.72. The highest BCUT2D eigenvalue weighted by molar-refractivity contribution is 6.30. The number of carbonyl (C=O) groups excluding carboxylic acids is 1. The molecule has 0 aliphatic carbocycles. The van der Waals surface area contributed by atoms with Gasteiger partial charge >= 0.3 is 0 Å².